The van der Waals surface area contributed by atoms with E-state index in [-0.39, 0.29) is 13.2 Å². The van der Waals surface area contributed by atoms with Crippen LogP contribution < -0.4 is 0 Å². The van der Waals surface area contributed by atoms with Crippen LogP contribution in [0.15, 0.2) is 0 Å². The molecule has 0 aromatic rings. The van der Waals surface area contributed by atoms with Gasteiger partial charge in [0.1, 0.15) is 146 Å². The van der Waals surface area contributed by atoms with E-state index in [1.54, 1.807) is 0 Å². The average molecular weight is 1030 g/mol. The van der Waals surface area contributed by atoms with Crippen molar-refractivity contribution in [2.75, 3.05) is 39.6 Å². The van der Waals surface area contributed by atoms with Crippen molar-refractivity contribution in [3.63, 3.8) is 0 Å². The average Bonchev–Trinajstić information content (AvgIpc) is 3.80. The lowest BCUT2D eigenvalue weighted by Crippen LogP contribution is -2.67. The lowest BCUT2D eigenvalue weighted by molar-refractivity contribution is -0.382. The van der Waals surface area contributed by atoms with Crippen molar-refractivity contribution in [3.05, 3.63) is 0 Å². The van der Waals surface area contributed by atoms with Crippen molar-refractivity contribution >= 4 is 10.4 Å². The standard InChI is InChI=1S/C36H58O32S/c37-1-7-14(41)26(19(46)31(51)58-7)66-35-22(49)29-24(11(62-35)4-55-29)65-34-21(48)28(16(43)9(3-39)60-34)68-36-23(50)30-25(12(63-36)5-56-30)64-33-20(47)27(15(42)8(2-38)59-33)67-32-18(45)17(44)13(40)10(61-32)6-57-69(52,53)54/h7-51H,1-6H2,(H,52,53,54)/t7-,8-,9-,10+,11+,12+,13-,14+,15+,16+,17-,18+,19-,20-,21-,22+,23+,24-,25-,26+,27+,28+,29+,30+,31-,32+,33+,34+,35+,36+/m1/s1. The molecule has 69 heavy (non-hydrogen) atoms. The van der Waals surface area contributed by atoms with E-state index in [0.717, 1.165) is 0 Å². The highest BCUT2D eigenvalue weighted by atomic mass is 32.3. The summed E-state index contributed by atoms with van der Waals surface area (Å²) < 4.78 is 109. The van der Waals surface area contributed by atoms with Crippen molar-refractivity contribution in [1.82, 2.24) is 0 Å². The molecule has 4 bridgehead atoms. The molecular formula is C36H58O32S. The van der Waals surface area contributed by atoms with Crippen molar-refractivity contribution in [1.29, 1.82) is 0 Å². The van der Waals surface area contributed by atoms with Gasteiger partial charge in [0, 0.05) is 0 Å². The maximum absolute atomic E-state index is 11.5. The van der Waals surface area contributed by atoms with Crippen molar-refractivity contribution in [3.8, 4) is 0 Å². The summed E-state index contributed by atoms with van der Waals surface area (Å²) in [6, 6.07) is 0. The summed E-state index contributed by atoms with van der Waals surface area (Å²) >= 11 is 0. The first kappa shape index (κ1) is 54.0. The first-order valence-corrected chi connectivity index (χ1v) is 23.1. The Morgan fingerprint density at radius 1 is 0.391 bits per heavy atom. The molecule has 8 aliphatic heterocycles. The van der Waals surface area contributed by atoms with E-state index >= 15 is 0 Å². The van der Waals surface area contributed by atoms with Crippen LogP contribution in [-0.2, 0) is 76.2 Å². The fourth-order valence-corrected chi connectivity index (χ4v) is 9.68. The zero-order chi connectivity index (χ0) is 50.0. The number of hydrogen-bond donors (Lipinski definition) is 16. The van der Waals surface area contributed by atoms with Crippen LogP contribution in [0.25, 0.3) is 0 Å². The Morgan fingerprint density at radius 2 is 0.754 bits per heavy atom. The molecule has 0 unspecified atom stereocenters. The minimum Gasteiger partial charge on any atom is -0.394 e. The van der Waals surface area contributed by atoms with Crippen LogP contribution in [0.3, 0.4) is 0 Å². The molecule has 8 rings (SSSR count). The van der Waals surface area contributed by atoms with E-state index in [9.17, 15) is 85.0 Å². The van der Waals surface area contributed by atoms with Crippen LogP contribution in [0.5, 0.6) is 0 Å². The smallest absolute Gasteiger partial charge is 0.394 e. The molecule has 8 saturated heterocycles. The highest BCUT2D eigenvalue weighted by molar-refractivity contribution is 7.80. The first-order chi connectivity index (χ1) is 32.7. The van der Waals surface area contributed by atoms with E-state index in [2.05, 4.69) is 4.18 Å². The lowest BCUT2D eigenvalue weighted by atomic mass is 9.96. The summed E-state index contributed by atoms with van der Waals surface area (Å²) in [5.41, 5.74) is 0. The van der Waals surface area contributed by atoms with Crippen molar-refractivity contribution in [2.45, 2.75) is 184 Å². The molecule has 33 heteroatoms. The van der Waals surface area contributed by atoms with Gasteiger partial charge in [0.2, 0.25) is 0 Å². The third kappa shape index (κ3) is 10.8. The molecule has 400 valence electrons. The van der Waals surface area contributed by atoms with Gasteiger partial charge in [0.15, 0.2) is 37.7 Å². The number of hydrogen-bond acceptors (Lipinski definition) is 31. The summed E-state index contributed by atoms with van der Waals surface area (Å²) in [6.07, 6.45) is -50.7. The maximum Gasteiger partial charge on any atom is 0.397 e. The van der Waals surface area contributed by atoms with Gasteiger partial charge in [-0.05, 0) is 0 Å². The normalized spacial score (nSPS) is 53.6. The molecule has 32 nitrogen and oxygen atoms in total. The van der Waals surface area contributed by atoms with Gasteiger partial charge in [-0.25, -0.2) is 4.18 Å². The fourth-order valence-electron chi connectivity index (χ4n) is 9.38. The van der Waals surface area contributed by atoms with Gasteiger partial charge < -0.3 is 138 Å². The van der Waals surface area contributed by atoms with E-state index < -0.39 is 221 Å². The molecule has 0 amide bonds. The zero-order valence-corrected chi connectivity index (χ0v) is 36.5. The van der Waals surface area contributed by atoms with Crippen molar-refractivity contribution in [2.24, 2.45) is 0 Å². The lowest BCUT2D eigenvalue weighted by Gasteiger charge is -2.48. The maximum atomic E-state index is 11.5. The van der Waals surface area contributed by atoms with Crippen LogP contribution in [0.2, 0.25) is 0 Å². The zero-order valence-electron chi connectivity index (χ0n) is 35.7. The van der Waals surface area contributed by atoms with Crippen LogP contribution in [0.1, 0.15) is 0 Å². The van der Waals surface area contributed by atoms with Gasteiger partial charge in [0.05, 0.1) is 39.6 Å². The van der Waals surface area contributed by atoms with E-state index in [4.69, 9.17) is 66.1 Å². The Kier molecular flexibility index (Phi) is 17.2. The molecule has 0 saturated carbocycles. The Bertz CT molecular complexity index is 1790. The number of aliphatic hydroxyl groups is 15. The SMILES string of the molecule is O=S(=O)(O)OC[C@@H]1O[C@@H](O[C@H]2[C@@H](O)[C@@H](CO)O[C@@H](O[C@H]3[C@H]4OC[C@@H]3O[C@@H](O[C@H]3[C@@H](O)[C@@H](CO)O[C@@H](O[C@H]5[C@H]6OC[C@@H]5O[C@@H](O[C@@H]5[C@@H](O)[C@H](O)O[C@H](CO)[C@@H]5O)[C@H]6O)[C@@H]3O)[C@H]4O)[C@@H]2O)[C@@H](O)[C@H](O)[C@@H]1O. The second-order valence-electron chi connectivity index (χ2n) is 17.5. The summed E-state index contributed by atoms with van der Waals surface area (Å²) in [6.45, 7) is -4.14. The van der Waals surface area contributed by atoms with Gasteiger partial charge in [-0.2, -0.15) is 8.42 Å². The molecule has 8 aliphatic rings. The van der Waals surface area contributed by atoms with Crippen LogP contribution >= 0.6 is 0 Å². The summed E-state index contributed by atoms with van der Waals surface area (Å²) in [4.78, 5) is 0. The monoisotopic (exact) mass is 1030 g/mol. The molecule has 0 spiro atoms. The summed E-state index contributed by atoms with van der Waals surface area (Å²) in [7, 11) is -5.06. The third-order valence-corrected chi connectivity index (χ3v) is 13.6. The first-order valence-electron chi connectivity index (χ1n) is 21.7. The highest BCUT2D eigenvalue weighted by Gasteiger charge is 2.60. The predicted octanol–water partition coefficient (Wildman–Crippen LogP) is -12.2. The number of fused-ring (bicyclic) bond motifs is 4. The largest absolute Gasteiger partial charge is 0.397 e. The molecule has 0 aliphatic carbocycles. The second-order valence-corrected chi connectivity index (χ2v) is 18.6. The molecule has 30 atom stereocenters. The van der Waals surface area contributed by atoms with Crippen molar-refractivity contribution < 1.29 is 155 Å². The third-order valence-electron chi connectivity index (χ3n) is 13.1. The van der Waals surface area contributed by atoms with E-state index in [1.165, 1.54) is 0 Å². The van der Waals surface area contributed by atoms with E-state index in [1.807, 2.05) is 0 Å². The van der Waals surface area contributed by atoms with Crippen LogP contribution in [0, 0.1) is 0 Å². The quantitative estimate of drug-likeness (QED) is 0.0638. The Hall–Kier alpha value is -1.25. The van der Waals surface area contributed by atoms with E-state index in [0.29, 0.717) is 0 Å². The minimum atomic E-state index is -5.06. The molecule has 0 aromatic carbocycles. The predicted molar refractivity (Wildman–Crippen MR) is 203 cm³/mol. The Morgan fingerprint density at radius 3 is 1.17 bits per heavy atom. The molecular weight excluding hydrogens is 976 g/mol. The topological polar surface area (TPSA) is 487 Å². The fraction of sp³-hybridized carbons (Fsp3) is 1.00. The van der Waals surface area contributed by atoms with Gasteiger partial charge in [-0.3, -0.25) is 4.55 Å². The van der Waals surface area contributed by atoms with Crippen LogP contribution in [0.4, 0.5) is 0 Å². The molecule has 16 N–H and O–H groups in total. The molecule has 0 radical (unpaired) electrons. The molecule has 0 aromatic heterocycles. The minimum absolute atomic E-state index is 0.223. The number of aliphatic hydroxyl groups excluding tert-OH is 15. The van der Waals surface area contributed by atoms with Gasteiger partial charge in [-0.1, -0.05) is 0 Å². The highest BCUT2D eigenvalue weighted by Crippen LogP contribution is 2.40. The number of rotatable bonds is 16. The summed E-state index contributed by atoms with van der Waals surface area (Å²) in [5, 5.41) is 160. The van der Waals surface area contributed by atoms with Gasteiger partial charge >= 0.3 is 10.4 Å². The molecule has 8 heterocycles. The Balaban J connectivity index is 0.899. The second kappa shape index (κ2) is 21.9. The molecule has 8 fully saturated rings. The summed E-state index contributed by atoms with van der Waals surface area (Å²) in [5.74, 6) is 0. The van der Waals surface area contributed by atoms with Gasteiger partial charge in [-0.15, -0.1) is 0 Å². The Labute approximate surface area is 389 Å². The van der Waals surface area contributed by atoms with Gasteiger partial charge in [0.25, 0.3) is 0 Å². The van der Waals surface area contributed by atoms with Crippen LogP contribution in [-0.4, -0.2) is 313 Å². The number of ether oxygens (including phenoxy) is 13.